The van der Waals surface area contributed by atoms with Crippen LogP contribution in [0.1, 0.15) is 93.8 Å². The van der Waals surface area contributed by atoms with Gasteiger partial charge in [0.05, 0.1) is 35.5 Å². The number of carbonyl (C=O) groups is 6. The zero-order valence-corrected chi connectivity index (χ0v) is 20.4. The Morgan fingerprint density at radius 3 is 1.31 bits per heavy atom. The monoisotopic (exact) mass is 508 g/mol. The van der Waals surface area contributed by atoms with Gasteiger partial charge in [-0.1, -0.05) is 0 Å². The maximum atomic E-state index is 12.7. The SMILES string of the molecule is CC(=O)OCCCCCNC(=O)c1cc(C(=O)NCCCCCOC(C)=O)c(C(=O)O)cc1C(=O)O. The number of esters is 2. The molecular formula is C24H32N2O10. The standard InChI is InChI=1S/C24H32N2O10/c1-15(27)35-11-7-3-5-9-25-21(29)17-13-18(20(24(33)34)14-19(17)23(31)32)22(30)26-10-6-4-8-12-36-16(2)28/h13-14H,3-12H2,1-2H3,(H,25,29)(H,26,30)(H,31,32)(H,33,34). The number of nitrogens with one attached hydrogen (secondary N) is 2. The van der Waals surface area contributed by atoms with E-state index in [-0.39, 0.29) is 49.4 Å². The fourth-order valence-electron chi connectivity index (χ4n) is 3.16. The van der Waals surface area contributed by atoms with Crippen LogP contribution in [0.4, 0.5) is 0 Å². The number of aromatic carboxylic acids is 2. The van der Waals surface area contributed by atoms with Gasteiger partial charge in [0.2, 0.25) is 0 Å². The molecule has 1 rings (SSSR count). The largest absolute Gasteiger partial charge is 0.478 e. The van der Waals surface area contributed by atoms with Gasteiger partial charge >= 0.3 is 23.9 Å². The van der Waals surface area contributed by atoms with E-state index >= 15 is 0 Å². The van der Waals surface area contributed by atoms with Gasteiger partial charge < -0.3 is 30.3 Å². The lowest BCUT2D eigenvalue weighted by Gasteiger charge is -2.13. The summed E-state index contributed by atoms with van der Waals surface area (Å²) in [6.07, 6.45) is 3.55. The van der Waals surface area contributed by atoms with Crippen LogP contribution in [-0.2, 0) is 19.1 Å². The molecule has 0 unspecified atom stereocenters. The number of carboxylic acid groups (broad SMARTS) is 2. The minimum absolute atomic E-state index is 0.202. The Hall–Kier alpha value is -3.96. The number of benzene rings is 1. The van der Waals surface area contributed by atoms with Crippen LogP contribution >= 0.6 is 0 Å². The predicted molar refractivity (Wildman–Crippen MR) is 126 cm³/mol. The first kappa shape index (κ1) is 30.1. The van der Waals surface area contributed by atoms with Crippen molar-refractivity contribution in [3.05, 3.63) is 34.4 Å². The molecule has 2 amide bonds. The van der Waals surface area contributed by atoms with E-state index in [0.29, 0.717) is 38.5 Å². The quantitative estimate of drug-likeness (QED) is 0.190. The number of rotatable bonds is 16. The fourth-order valence-corrected chi connectivity index (χ4v) is 3.16. The molecule has 0 aromatic heterocycles. The molecule has 1 aromatic carbocycles. The van der Waals surface area contributed by atoms with Crippen LogP contribution < -0.4 is 10.6 Å². The smallest absolute Gasteiger partial charge is 0.336 e. The molecule has 0 radical (unpaired) electrons. The predicted octanol–water partition coefficient (Wildman–Crippen LogP) is 2.01. The van der Waals surface area contributed by atoms with E-state index in [4.69, 9.17) is 9.47 Å². The number of hydrogen-bond donors (Lipinski definition) is 4. The summed E-state index contributed by atoms with van der Waals surface area (Å²) >= 11 is 0. The summed E-state index contributed by atoms with van der Waals surface area (Å²) in [5.41, 5.74) is -1.75. The highest BCUT2D eigenvalue weighted by Gasteiger charge is 2.25. The van der Waals surface area contributed by atoms with E-state index in [1.54, 1.807) is 0 Å². The van der Waals surface area contributed by atoms with Crippen molar-refractivity contribution in [2.24, 2.45) is 0 Å². The molecule has 0 saturated carbocycles. The number of carboxylic acids is 2. The summed E-state index contributed by atoms with van der Waals surface area (Å²) in [6, 6.07) is 1.77. The van der Waals surface area contributed by atoms with E-state index in [1.807, 2.05) is 0 Å². The van der Waals surface area contributed by atoms with E-state index in [9.17, 15) is 39.0 Å². The van der Waals surface area contributed by atoms with Crippen LogP contribution in [0.25, 0.3) is 0 Å². The molecule has 36 heavy (non-hydrogen) atoms. The van der Waals surface area contributed by atoms with Crippen molar-refractivity contribution in [1.29, 1.82) is 0 Å². The average Bonchev–Trinajstić information content (AvgIpc) is 2.81. The number of unbranched alkanes of at least 4 members (excludes halogenated alkanes) is 4. The molecule has 0 saturated heterocycles. The third-order valence-corrected chi connectivity index (χ3v) is 4.93. The normalized spacial score (nSPS) is 10.3. The molecule has 12 heteroatoms. The van der Waals surface area contributed by atoms with Crippen molar-refractivity contribution in [3.63, 3.8) is 0 Å². The summed E-state index contributed by atoms with van der Waals surface area (Å²) in [5, 5.41) is 24.1. The van der Waals surface area contributed by atoms with Gasteiger partial charge in [0.25, 0.3) is 11.8 Å². The van der Waals surface area contributed by atoms with E-state index in [0.717, 1.165) is 12.1 Å². The Kier molecular flexibility index (Phi) is 13.2. The van der Waals surface area contributed by atoms with E-state index in [2.05, 4.69) is 10.6 Å². The molecule has 0 bridgehead atoms. The Morgan fingerprint density at radius 2 is 0.972 bits per heavy atom. The summed E-state index contributed by atoms with van der Waals surface area (Å²) in [7, 11) is 0. The highest BCUT2D eigenvalue weighted by Crippen LogP contribution is 2.19. The van der Waals surface area contributed by atoms with Crippen LogP contribution in [0.15, 0.2) is 12.1 Å². The molecule has 12 nitrogen and oxygen atoms in total. The Morgan fingerprint density at radius 1 is 0.611 bits per heavy atom. The second-order valence-corrected chi connectivity index (χ2v) is 7.87. The molecule has 0 atom stereocenters. The molecule has 1 aromatic rings. The number of carbonyl (C=O) groups excluding carboxylic acids is 4. The van der Waals surface area contributed by atoms with Crippen LogP contribution in [-0.4, -0.2) is 72.2 Å². The lowest BCUT2D eigenvalue weighted by Crippen LogP contribution is -2.30. The summed E-state index contributed by atoms with van der Waals surface area (Å²) < 4.78 is 9.63. The summed E-state index contributed by atoms with van der Waals surface area (Å²) in [4.78, 5) is 70.1. The third-order valence-electron chi connectivity index (χ3n) is 4.93. The first-order valence-corrected chi connectivity index (χ1v) is 11.5. The van der Waals surface area contributed by atoms with E-state index < -0.39 is 34.9 Å². The van der Waals surface area contributed by atoms with Crippen LogP contribution in [0.5, 0.6) is 0 Å². The van der Waals surface area contributed by atoms with Gasteiger partial charge in [0.1, 0.15) is 0 Å². The van der Waals surface area contributed by atoms with Gasteiger partial charge in [-0.25, -0.2) is 9.59 Å². The van der Waals surface area contributed by atoms with Gasteiger partial charge in [0, 0.05) is 26.9 Å². The molecule has 0 heterocycles. The Bertz CT molecular complexity index is 901. The summed E-state index contributed by atoms with van der Waals surface area (Å²) in [6.45, 7) is 3.53. The van der Waals surface area contributed by atoms with Gasteiger partial charge in [-0.05, 0) is 50.7 Å². The van der Waals surface area contributed by atoms with Crippen molar-refractivity contribution in [1.82, 2.24) is 10.6 Å². The molecule has 0 aliphatic carbocycles. The van der Waals surface area contributed by atoms with Crippen molar-refractivity contribution in [2.45, 2.75) is 52.4 Å². The Balaban J connectivity index is 2.83. The molecule has 0 spiro atoms. The van der Waals surface area contributed by atoms with Crippen molar-refractivity contribution in [2.75, 3.05) is 26.3 Å². The average molecular weight is 509 g/mol. The second-order valence-electron chi connectivity index (χ2n) is 7.87. The van der Waals surface area contributed by atoms with Crippen molar-refractivity contribution in [3.8, 4) is 0 Å². The molecule has 0 aliphatic heterocycles. The minimum atomic E-state index is -1.51. The topological polar surface area (TPSA) is 185 Å². The zero-order chi connectivity index (χ0) is 27.1. The summed E-state index contributed by atoms with van der Waals surface area (Å²) in [5.74, 6) is -5.30. The number of ether oxygens (including phenoxy) is 2. The highest BCUT2D eigenvalue weighted by molar-refractivity contribution is 6.11. The zero-order valence-electron chi connectivity index (χ0n) is 20.4. The second kappa shape index (κ2) is 15.8. The number of hydrogen-bond acceptors (Lipinski definition) is 8. The lowest BCUT2D eigenvalue weighted by molar-refractivity contribution is -0.142. The fraction of sp³-hybridized carbons (Fsp3) is 0.500. The molecular weight excluding hydrogens is 476 g/mol. The first-order valence-electron chi connectivity index (χ1n) is 11.5. The van der Waals surface area contributed by atoms with Crippen LogP contribution in [0.3, 0.4) is 0 Å². The third kappa shape index (κ3) is 11.0. The van der Waals surface area contributed by atoms with Gasteiger partial charge in [0.15, 0.2) is 0 Å². The molecule has 0 fully saturated rings. The van der Waals surface area contributed by atoms with Crippen molar-refractivity contribution < 1.29 is 48.5 Å². The number of amides is 2. The van der Waals surface area contributed by atoms with Gasteiger partial charge in [-0.2, -0.15) is 0 Å². The van der Waals surface area contributed by atoms with Crippen LogP contribution in [0.2, 0.25) is 0 Å². The highest BCUT2D eigenvalue weighted by atomic mass is 16.5. The maximum Gasteiger partial charge on any atom is 0.336 e. The first-order chi connectivity index (χ1) is 17.0. The molecule has 198 valence electrons. The molecule has 0 aliphatic rings. The molecule has 4 N–H and O–H groups in total. The van der Waals surface area contributed by atoms with Crippen LogP contribution in [0, 0.1) is 0 Å². The van der Waals surface area contributed by atoms with Gasteiger partial charge in [-0.15, -0.1) is 0 Å². The van der Waals surface area contributed by atoms with Crippen molar-refractivity contribution >= 4 is 35.7 Å². The Labute approximate surface area is 208 Å². The lowest BCUT2D eigenvalue weighted by atomic mass is 9.96. The minimum Gasteiger partial charge on any atom is -0.478 e. The maximum absolute atomic E-state index is 12.7. The van der Waals surface area contributed by atoms with E-state index in [1.165, 1.54) is 13.8 Å². The van der Waals surface area contributed by atoms with Gasteiger partial charge in [-0.3, -0.25) is 19.2 Å².